The van der Waals surface area contributed by atoms with Crippen molar-refractivity contribution in [2.75, 3.05) is 11.9 Å². The molecule has 0 heterocycles. The zero-order valence-corrected chi connectivity index (χ0v) is 10.6. The fourth-order valence-corrected chi connectivity index (χ4v) is 1.43. The van der Waals surface area contributed by atoms with Crippen LogP contribution in [0.1, 0.15) is 0 Å². The number of nitro groups is 1. The summed E-state index contributed by atoms with van der Waals surface area (Å²) >= 11 is 5.60. The Hall–Kier alpha value is -2.39. The van der Waals surface area contributed by atoms with E-state index in [1.807, 2.05) is 5.32 Å². The fourth-order valence-electron chi connectivity index (χ4n) is 1.24. The van der Waals surface area contributed by atoms with Crippen LogP contribution < -0.4 is 10.6 Å². The number of hydrogen-bond donors (Lipinski definition) is 4. The van der Waals surface area contributed by atoms with Crippen LogP contribution in [0, 0.1) is 10.1 Å². The predicted octanol–water partition coefficient (Wildman–Crippen LogP) is 0.815. The van der Waals surface area contributed by atoms with Gasteiger partial charge in [-0.05, 0) is 12.1 Å². The van der Waals surface area contributed by atoms with Gasteiger partial charge < -0.3 is 20.8 Å². The topological polar surface area (TPSA) is 142 Å². The molecule has 2 amide bonds. The average molecular weight is 304 g/mol. The third kappa shape index (κ3) is 4.07. The molecule has 9 nitrogen and oxygen atoms in total. The maximum Gasteiger partial charge on any atom is 0.328 e. The van der Waals surface area contributed by atoms with E-state index in [1.165, 1.54) is 12.1 Å². The molecule has 0 aliphatic heterocycles. The highest BCUT2D eigenvalue weighted by Crippen LogP contribution is 2.27. The lowest BCUT2D eigenvalue weighted by Crippen LogP contribution is -2.45. The summed E-state index contributed by atoms with van der Waals surface area (Å²) in [6.07, 6.45) is 0. The molecule has 0 fully saturated rings. The van der Waals surface area contributed by atoms with Gasteiger partial charge in [0.25, 0.3) is 5.69 Å². The number of carboxylic acid groups (broad SMARTS) is 1. The first kappa shape index (κ1) is 15.7. The minimum atomic E-state index is -1.47. The quantitative estimate of drug-likeness (QED) is 0.468. The van der Waals surface area contributed by atoms with Crippen LogP contribution in [-0.2, 0) is 4.79 Å². The number of nitrogens with zero attached hydrogens (tertiary/aromatic N) is 1. The van der Waals surface area contributed by atoms with Gasteiger partial charge in [0.05, 0.1) is 11.5 Å². The molecule has 0 spiro atoms. The second kappa shape index (κ2) is 6.68. The van der Waals surface area contributed by atoms with Crippen molar-refractivity contribution in [1.29, 1.82) is 0 Å². The monoisotopic (exact) mass is 303 g/mol. The molecule has 4 N–H and O–H groups in total. The number of carboxylic acids is 1. The number of carbonyl (C=O) groups is 2. The molecule has 0 saturated carbocycles. The molecule has 0 aromatic heterocycles. The van der Waals surface area contributed by atoms with Gasteiger partial charge in [0.2, 0.25) is 0 Å². The number of nitro benzene ring substituents is 1. The van der Waals surface area contributed by atoms with Crippen molar-refractivity contribution < 1.29 is 24.7 Å². The van der Waals surface area contributed by atoms with E-state index >= 15 is 0 Å². The molecule has 0 aliphatic rings. The van der Waals surface area contributed by atoms with E-state index in [0.29, 0.717) is 0 Å². The second-order valence-electron chi connectivity index (χ2n) is 3.60. The Kier molecular flexibility index (Phi) is 5.23. The van der Waals surface area contributed by atoms with Crippen molar-refractivity contribution in [1.82, 2.24) is 5.32 Å². The largest absolute Gasteiger partial charge is 0.480 e. The van der Waals surface area contributed by atoms with E-state index in [0.717, 1.165) is 6.07 Å². The number of urea groups is 1. The molecule has 108 valence electrons. The zero-order chi connectivity index (χ0) is 15.3. The number of hydrogen-bond acceptors (Lipinski definition) is 5. The Labute approximate surface area is 117 Å². The Bertz CT molecular complexity index is 550. The molecule has 1 unspecified atom stereocenters. The molecular formula is C10H10ClN3O6. The molecule has 1 aromatic rings. The molecule has 0 aliphatic carbocycles. The lowest BCUT2D eigenvalue weighted by Gasteiger charge is -2.12. The molecule has 1 rings (SSSR count). The first-order valence-electron chi connectivity index (χ1n) is 5.20. The Morgan fingerprint density at radius 2 is 2.10 bits per heavy atom. The van der Waals surface area contributed by atoms with Gasteiger partial charge in [-0.15, -0.1) is 0 Å². The summed E-state index contributed by atoms with van der Waals surface area (Å²) < 4.78 is 0. The normalized spacial score (nSPS) is 11.5. The van der Waals surface area contributed by atoms with Crippen LogP contribution in [0.3, 0.4) is 0 Å². The van der Waals surface area contributed by atoms with Crippen LogP contribution in [0.5, 0.6) is 0 Å². The van der Waals surface area contributed by atoms with E-state index < -0.39 is 35.3 Å². The third-order valence-electron chi connectivity index (χ3n) is 2.19. The summed E-state index contributed by atoms with van der Waals surface area (Å²) in [6.45, 7) is -0.788. The second-order valence-corrected chi connectivity index (χ2v) is 4.00. The SMILES string of the molecule is O=C(Nc1ccc(Cl)c([N+](=O)[O-])c1)NC(CO)C(=O)O. The summed E-state index contributed by atoms with van der Waals surface area (Å²) in [5.74, 6) is -1.41. The zero-order valence-electron chi connectivity index (χ0n) is 9.87. The summed E-state index contributed by atoms with van der Waals surface area (Å²) in [7, 11) is 0. The maximum atomic E-state index is 11.5. The van der Waals surface area contributed by atoms with Crippen LogP contribution >= 0.6 is 11.6 Å². The molecular weight excluding hydrogens is 294 g/mol. The van der Waals surface area contributed by atoms with Crippen molar-refractivity contribution in [3.05, 3.63) is 33.3 Å². The van der Waals surface area contributed by atoms with Crippen LogP contribution in [0.4, 0.5) is 16.2 Å². The number of amides is 2. The highest BCUT2D eigenvalue weighted by Gasteiger charge is 2.19. The van der Waals surface area contributed by atoms with Gasteiger partial charge >= 0.3 is 12.0 Å². The van der Waals surface area contributed by atoms with Crippen LogP contribution in [0.2, 0.25) is 5.02 Å². The van der Waals surface area contributed by atoms with Crippen molar-refractivity contribution in [2.24, 2.45) is 0 Å². The highest BCUT2D eigenvalue weighted by molar-refractivity contribution is 6.32. The van der Waals surface area contributed by atoms with Crippen LogP contribution in [-0.4, -0.2) is 39.8 Å². The number of carbonyl (C=O) groups excluding carboxylic acids is 1. The number of aliphatic hydroxyl groups excluding tert-OH is 1. The van der Waals surface area contributed by atoms with E-state index in [2.05, 4.69) is 5.32 Å². The molecule has 0 radical (unpaired) electrons. The summed E-state index contributed by atoms with van der Waals surface area (Å²) in [5.41, 5.74) is -0.345. The van der Waals surface area contributed by atoms with Gasteiger partial charge in [-0.25, -0.2) is 9.59 Å². The molecule has 1 atom stereocenters. The van der Waals surface area contributed by atoms with Gasteiger partial charge in [0.15, 0.2) is 6.04 Å². The Morgan fingerprint density at radius 1 is 1.45 bits per heavy atom. The van der Waals surface area contributed by atoms with Crippen LogP contribution in [0.15, 0.2) is 18.2 Å². The van der Waals surface area contributed by atoms with Gasteiger partial charge in [-0.1, -0.05) is 11.6 Å². The number of nitrogens with one attached hydrogen (secondary N) is 2. The molecule has 0 saturated heterocycles. The minimum absolute atomic E-state index is 0.0562. The Balaban J connectivity index is 2.78. The number of aliphatic hydroxyl groups is 1. The van der Waals surface area contributed by atoms with Crippen molar-refractivity contribution in [2.45, 2.75) is 6.04 Å². The first-order valence-corrected chi connectivity index (χ1v) is 5.58. The fraction of sp³-hybridized carbons (Fsp3) is 0.200. The van der Waals surface area contributed by atoms with E-state index in [-0.39, 0.29) is 10.7 Å². The van der Waals surface area contributed by atoms with Crippen molar-refractivity contribution in [3.8, 4) is 0 Å². The van der Waals surface area contributed by atoms with Gasteiger partial charge in [-0.2, -0.15) is 0 Å². The van der Waals surface area contributed by atoms with Gasteiger partial charge in [-0.3, -0.25) is 10.1 Å². The van der Waals surface area contributed by atoms with Gasteiger partial charge in [0.1, 0.15) is 5.02 Å². The molecule has 1 aromatic carbocycles. The van der Waals surface area contributed by atoms with E-state index in [4.69, 9.17) is 21.8 Å². The predicted molar refractivity (Wildman–Crippen MR) is 68.8 cm³/mol. The van der Waals surface area contributed by atoms with Crippen LogP contribution in [0.25, 0.3) is 0 Å². The number of anilines is 1. The average Bonchev–Trinajstić information content (AvgIpc) is 2.37. The number of halogens is 1. The summed E-state index contributed by atoms with van der Waals surface area (Å²) in [6, 6.07) is 1.15. The maximum absolute atomic E-state index is 11.5. The lowest BCUT2D eigenvalue weighted by atomic mass is 10.3. The van der Waals surface area contributed by atoms with Gasteiger partial charge in [0, 0.05) is 11.8 Å². The first-order chi connectivity index (χ1) is 9.35. The molecule has 10 heteroatoms. The lowest BCUT2D eigenvalue weighted by molar-refractivity contribution is -0.384. The standard InChI is InChI=1S/C10H10ClN3O6/c11-6-2-1-5(3-8(6)14(19)20)12-10(18)13-7(4-15)9(16)17/h1-3,7,15H,4H2,(H,16,17)(H2,12,13,18). The summed E-state index contributed by atoms with van der Waals surface area (Å²) in [4.78, 5) is 32.0. The highest BCUT2D eigenvalue weighted by atomic mass is 35.5. The third-order valence-corrected chi connectivity index (χ3v) is 2.51. The smallest absolute Gasteiger partial charge is 0.328 e. The Morgan fingerprint density at radius 3 is 2.60 bits per heavy atom. The van der Waals surface area contributed by atoms with E-state index in [1.54, 1.807) is 0 Å². The van der Waals surface area contributed by atoms with E-state index in [9.17, 15) is 19.7 Å². The number of benzene rings is 1. The summed E-state index contributed by atoms with van der Waals surface area (Å²) in [5, 5.41) is 32.1. The number of aliphatic carboxylic acids is 1. The molecule has 0 bridgehead atoms. The van der Waals surface area contributed by atoms with Crippen molar-refractivity contribution >= 4 is 35.0 Å². The number of rotatable bonds is 5. The van der Waals surface area contributed by atoms with Crippen molar-refractivity contribution in [3.63, 3.8) is 0 Å². The molecule has 20 heavy (non-hydrogen) atoms. The minimum Gasteiger partial charge on any atom is -0.480 e.